The van der Waals surface area contributed by atoms with Crippen LogP contribution in [0.2, 0.25) is 0 Å². The Kier molecular flexibility index (Phi) is 6.16. The number of anilines is 1. The SMILES string of the molecule is COc1ccc(NC(=O)COc2cc(C)ccc2C)cc1OC(F)F. The number of nitrogens with one attached hydrogen (secondary N) is 1. The third-order valence-corrected chi connectivity index (χ3v) is 3.37. The van der Waals surface area contributed by atoms with Crippen LogP contribution in [0.25, 0.3) is 0 Å². The van der Waals surface area contributed by atoms with Gasteiger partial charge in [0.25, 0.3) is 5.91 Å². The van der Waals surface area contributed by atoms with Crippen LogP contribution in [0.1, 0.15) is 11.1 Å². The van der Waals surface area contributed by atoms with Crippen LogP contribution >= 0.6 is 0 Å². The van der Waals surface area contributed by atoms with Gasteiger partial charge in [0.15, 0.2) is 18.1 Å². The van der Waals surface area contributed by atoms with Crippen LogP contribution in [0.3, 0.4) is 0 Å². The molecule has 0 fully saturated rings. The molecule has 1 N–H and O–H groups in total. The molecule has 0 radical (unpaired) electrons. The maximum absolute atomic E-state index is 12.4. The zero-order valence-corrected chi connectivity index (χ0v) is 14.1. The number of hydrogen-bond acceptors (Lipinski definition) is 4. The van der Waals surface area contributed by atoms with Gasteiger partial charge in [-0.15, -0.1) is 0 Å². The van der Waals surface area contributed by atoms with Gasteiger partial charge in [0.05, 0.1) is 7.11 Å². The summed E-state index contributed by atoms with van der Waals surface area (Å²) in [5.41, 5.74) is 2.23. The number of benzene rings is 2. The summed E-state index contributed by atoms with van der Waals surface area (Å²) in [5, 5.41) is 2.57. The number of rotatable bonds is 7. The number of methoxy groups -OCH3 is 1. The normalized spacial score (nSPS) is 10.5. The second kappa shape index (κ2) is 8.32. The van der Waals surface area contributed by atoms with E-state index in [1.165, 1.54) is 25.3 Å². The zero-order valence-electron chi connectivity index (χ0n) is 14.1. The highest BCUT2D eigenvalue weighted by Crippen LogP contribution is 2.31. The van der Waals surface area contributed by atoms with E-state index in [0.717, 1.165) is 11.1 Å². The fourth-order valence-electron chi connectivity index (χ4n) is 2.15. The van der Waals surface area contributed by atoms with Gasteiger partial charge in [-0.3, -0.25) is 4.79 Å². The van der Waals surface area contributed by atoms with E-state index < -0.39 is 12.5 Å². The minimum Gasteiger partial charge on any atom is -0.493 e. The molecule has 134 valence electrons. The van der Waals surface area contributed by atoms with E-state index in [2.05, 4.69) is 10.1 Å². The Morgan fingerprint density at radius 2 is 1.84 bits per heavy atom. The van der Waals surface area contributed by atoms with E-state index in [1.807, 2.05) is 32.0 Å². The van der Waals surface area contributed by atoms with Gasteiger partial charge in [-0.2, -0.15) is 8.78 Å². The molecule has 0 atom stereocenters. The Morgan fingerprint density at radius 1 is 1.08 bits per heavy atom. The van der Waals surface area contributed by atoms with Crippen LogP contribution in [0.15, 0.2) is 36.4 Å². The molecule has 25 heavy (non-hydrogen) atoms. The molecule has 0 heterocycles. The number of ether oxygens (including phenoxy) is 3. The Balaban J connectivity index is 2.01. The first-order valence-corrected chi connectivity index (χ1v) is 7.52. The monoisotopic (exact) mass is 351 g/mol. The summed E-state index contributed by atoms with van der Waals surface area (Å²) >= 11 is 0. The highest BCUT2D eigenvalue weighted by Gasteiger charge is 2.13. The van der Waals surface area contributed by atoms with Crippen molar-refractivity contribution < 1.29 is 27.8 Å². The molecule has 1 amide bonds. The van der Waals surface area contributed by atoms with E-state index in [1.54, 1.807) is 0 Å². The van der Waals surface area contributed by atoms with Gasteiger partial charge >= 0.3 is 6.61 Å². The molecule has 0 aliphatic rings. The lowest BCUT2D eigenvalue weighted by Gasteiger charge is -2.13. The van der Waals surface area contributed by atoms with Gasteiger partial charge in [0.2, 0.25) is 0 Å². The topological polar surface area (TPSA) is 56.8 Å². The second-order valence-corrected chi connectivity index (χ2v) is 5.35. The lowest BCUT2D eigenvalue weighted by molar-refractivity contribution is -0.118. The predicted molar refractivity (Wildman–Crippen MR) is 89.7 cm³/mol. The molecule has 5 nitrogen and oxygen atoms in total. The molecule has 2 aromatic rings. The summed E-state index contributed by atoms with van der Waals surface area (Å²) in [4.78, 5) is 12.0. The van der Waals surface area contributed by atoms with Crippen molar-refractivity contribution >= 4 is 11.6 Å². The van der Waals surface area contributed by atoms with Crippen molar-refractivity contribution in [1.82, 2.24) is 0 Å². The number of aryl methyl sites for hydroxylation is 2. The molecule has 0 saturated carbocycles. The Morgan fingerprint density at radius 3 is 2.52 bits per heavy atom. The van der Waals surface area contributed by atoms with Crippen LogP contribution < -0.4 is 19.5 Å². The molecule has 2 aromatic carbocycles. The lowest BCUT2D eigenvalue weighted by Crippen LogP contribution is -2.20. The highest BCUT2D eigenvalue weighted by molar-refractivity contribution is 5.92. The van der Waals surface area contributed by atoms with Gasteiger partial charge in [-0.1, -0.05) is 12.1 Å². The summed E-state index contributed by atoms with van der Waals surface area (Å²) in [6.07, 6.45) is 0. The Bertz CT molecular complexity index is 750. The predicted octanol–water partition coefficient (Wildman–Crippen LogP) is 3.93. The standard InChI is InChI=1S/C18H19F2NO4/c1-11-4-5-12(2)15(8-11)24-10-17(22)21-13-6-7-14(23-3)16(9-13)25-18(19)20/h4-9,18H,10H2,1-3H3,(H,21,22). The van der Waals surface area contributed by atoms with Gasteiger partial charge in [0.1, 0.15) is 5.75 Å². The van der Waals surface area contributed by atoms with Crippen LogP contribution in [-0.4, -0.2) is 26.2 Å². The van der Waals surface area contributed by atoms with Crippen LogP contribution in [0.5, 0.6) is 17.2 Å². The molecule has 0 aromatic heterocycles. The van der Waals surface area contributed by atoms with E-state index in [4.69, 9.17) is 9.47 Å². The molecule has 0 aliphatic heterocycles. The van der Waals surface area contributed by atoms with Crippen molar-refractivity contribution in [2.45, 2.75) is 20.5 Å². The first-order chi connectivity index (χ1) is 11.9. The largest absolute Gasteiger partial charge is 0.493 e. The van der Waals surface area contributed by atoms with Crippen molar-refractivity contribution in [3.05, 3.63) is 47.5 Å². The first kappa shape index (κ1) is 18.5. The quantitative estimate of drug-likeness (QED) is 0.821. The van der Waals surface area contributed by atoms with E-state index >= 15 is 0 Å². The first-order valence-electron chi connectivity index (χ1n) is 7.52. The van der Waals surface area contributed by atoms with Crippen molar-refractivity contribution in [3.63, 3.8) is 0 Å². The van der Waals surface area contributed by atoms with Crippen LogP contribution in [-0.2, 0) is 4.79 Å². The maximum atomic E-state index is 12.4. The molecule has 0 unspecified atom stereocenters. The van der Waals surface area contributed by atoms with E-state index in [0.29, 0.717) is 11.4 Å². The van der Waals surface area contributed by atoms with Crippen molar-refractivity contribution in [1.29, 1.82) is 0 Å². The molecule has 0 aliphatic carbocycles. The van der Waals surface area contributed by atoms with Crippen LogP contribution in [0.4, 0.5) is 14.5 Å². The summed E-state index contributed by atoms with van der Waals surface area (Å²) in [7, 11) is 1.34. The third kappa shape index (κ3) is 5.34. The zero-order chi connectivity index (χ0) is 18.4. The molecule has 0 bridgehead atoms. The summed E-state index contributed by atoms with van der Waals surface area (Å²) in [5.74, 6) is 0.177. The van der Waals surface area contributed by atoms with Gasteiger partial charge < -0.3 is 19.5 Å². The number of carbonyl (C=O) groups is 1. The van der Waals surface area contributed by atoms with Gasteiger partial charge in [0, 0.05) is 11.8 Å². The maximum Gasteiger partial charge on any atom is 0.387 e. The molecule has 7 heteroatoms. The molecular weight excluding hydrogens is 332 g/mol. The molecular formula is C18H19F2NO4. The minimum atomic E-state index is -2.99. The van der Waals surface area contributed by atoms with Gasteiger partial charge in [-0.05, 0) is 43.2 Å². The summed E-state index contributed by atoms with van der Waals surface area (Å²) in [6.45, 7) is 0.604. The third-order valence-electron chi connectivity index (χ3n) is 3.37. The molecule has 0 spiro atoms. The number of amides is 1. The number of alkyl halides is 2. The number of halogens is 2. The van der Waals surface area contributed by atoms with Crippen molar-refractivity contribution in [2.75, 3.05) is 19.0 Å². The van der Waals surface area contributed by atoms with E-state index in [-0.39, 0.29) is 18.1 Å². The lowest BCUT2D eigenvalue weighted by atomic mass is 10.1. The summed E-state index contributed by atoms with van der Waals surface area (Å²) < 4.78 is 39.7. The van der Waals surface area contributed by atoms with Gasteiger partial charge in [-0.25, -0.2) is 0 Å². The fraction of sp³-hybridized carbons (Fsp3) is 0.278. The number of hydrogen-bond donors (Lipinski definition) is 1. The van der Waals surface area contributed by atoms with Crippen LogP contribution in [0, 0.1) is 13.8 Å². The Hall–Kier alpha value is -2.83. The Labute approximate surface area is 144 Å². The summed E-state index contributed by atoms with van der Waals surface area (Å²) in [6, 6.07) is 9.90. The molecule has 0 saturated heterocycles. The second-order valence-electron chi connectivity index (χ2n) is 5.35. The minimum absolute atomic E-state index is 0.143. The average molecular weight is 351 g/mol. The van der Waals surface area contributed by atoms with Crippen molar-refractivity contribution in [2.24, 2.45) is 0 Å². The van der Waals surface area contributed by atoms with Crippen molar-refractivity contribution in [3.8, 4) is 17.2 Å². The average Bonchev–Trinajstić information content (AvgIpc) is 2.55. The fourth-order valence-corrected chi connectivity index (χ4v) is 2.15. The van der Waals surface area contributed by atoms with E-state index in [9.17, 15) is 13.6 Å². The molecule has 2 rings (SSSR count). The smallest absolute Gasteiger partial charge is 0.387 e. The number of carbonyl (C=O) groups excluding carboxylic acids is 1. The highest BCUT2D eigenvalue weighted by atomic mass is 19.3.